The molecule has 0 aliphatic heterocycles. The van der Waals surface area contributed by atoms with E-state index < -0.39 is 12.1 Å². The summed E-state index contributed by atoms with van der Waals surface area (Å²) in [6, 6.07) is 8.50. The largest absolute Gasteiger partial charge is 0.336 e. The Morgan fingerprint density at radius 1 is 1.31 bits per heavy atom. The maximum absolute atomic E-state index is 11.5. The number of rotatable bonds is 4. The molecule has 1 atom stereocenters. The lowest BCUT2D eigenvalue weighted by molar-refractivity contribution is -0.129. The molecule has 0 aromatic heterocycles. The van der Waals surface area contributed by atoms with Crippen LogP contribution in [0.4, 0.5) is 0 Å². The van der Waals surface area contributed by atoms with Crippen molar-refractivity contribution < 1.29 is 14.8 Å². The zero-order valence-corrected chi connectivity index (χ0v) is 8.51. The predicted octanol–water partition coefficient (Wildman–Crippen LogP) is -0.403. The average Bonchev–Trinajstić information content (AvgIpc) is 2.29. The molecule has 1 aromatic rings. The second kappa shape index (κ2) is 5.84. The molecule has 6 heteroatoms. The van der Waals surface area contributed by atoms with Gasteiger partial charge in [0.15, 0.2) is 0 Å². The third kappa shape index (κ3) is 3.68. The number of amides is 2. The van der Waals surface area contributed by atoms with Gasteiger partial charge in [0, 0.05) is 5.56 Å². The molecule has 1 unspecified atom stereocenters. The second-order valence-electron chi connectivity index (χ2n) is 3.19. The van der Waals surface area contributed by atoms with E-state index in [1.165, 1.54) is 5.48 Å². The Labute approximate surface area is 92.4 Å². The van der Waals surface area contributed by atoms with Crippen molar-refractivity contribution in [3.63, 3.8) is 0 Å². The highest BCUT2D eigenvalue weighted by atomic mass is 16.5. The standard InChI is InChI=1S/C10H13N3O3/c11-8(6-9(14)13-16)12-10(15)7-4-2-1-3-5-7/h1-5,8,16H,6,11H2,(H,12,15)(H,13,14). The Morgan fingerprint density at radius 2 is 1.94 bits per heavy atom. The summed E-state index contributed by atoms with van der Waals surface area (Å²) in [6.07, 6.45) is -1.02. The summed E-state index contributed by atoms with van der Waals surface area (Å²) in [5.74, 6) is -1.01. The summed E-state index contributed by atoms with van der Waals surface area (Å²) in [4.78, 5) is 22.3. The number of carbonyl (C=O) groups is 2. The molecule has 2 amide bonds. The van der Waals surface area contributed by atoms with Gasteiger partial charge in [0.25, 0.3) is 5.91 Å². The molecule has 1 rings (SSSR count). The molecule has 0 saturated carbocycles. The van der Waals surface area contributed by atoms with Crippen molar-refractivity contribution in [1.29, 1.82) is 0 Å². The van der Waals surface area contributed by atoms with Gasteiger partial charge in [0.1, 0.15) is 0 Å². The van der Waals surface area contributed by atoms with Gasteiger partial charge in [-0.05, 0) is 12.1 Å². The highest BCUT2D eigenvalue weighted by molar-refractivity contribution is 5.94. The Hall–Kier alpha value is -1.92. The predicted molar refractivity (Wildman–Crippen MR) is 56.4 cm³/mol. The molecule has 0 aliphatic rings. The van der Waals surface area contributed by atoms with Gasteiger partial charge in [-0.2, -0.15) is 0 Å². The SMILES string of the molecule is NC(CC(=O)NO)NC(=O)c1ccccc1. The van der Waals surface area contributed by atoms with Crippen LogP contribution in [0.3, 0.4) is 0 Å². The number of hydrogen-bond donors (Lipinski definition) is 4. The van der Waals surface area contributed by atoms with Crippen molar-refractivity contribution in [2.24, 2.45) is 5.73 Å². The number of nitrogens with two attached hydrogens (primary N) is 1. The molecular formula is C10H13N3O3. The van der Waals surface area contributed by atoms with E-state index in [1.807, 2.05) is 0 Å². The van der Waals surface area contributed by atoms with Crippen molar-refractivity contribution >= 4 is 11.8 Å². The van der Waals surface area contributed by atoms with E-state index >= 15 is 0 Å². The van der Waals surface area contributed by atoms with Crippen LogP contribution in [0, 0.1) is 0 Å². The average molecular weight is 223 g/mol. The first-order chi connectivity index (χ1) is 7.63. The van der Waals surface area contributed by atoms with Crippen LogP contribution in [-0.4, -0.2) is 23.2 Å². The third-order valence-electron chi connectivity index (χ3n) is 1.88. The van der Waals surface area contributed by atoms with Gasteiger partial charge in [-0.1, -0.05) is 18.2 Å². The lowest BCUT2D eigenvalue weighted by atomic mass is 10.2. The number of carbonyl (C=O) groups excluding carboxylic acids is 2. The number of benzene rings is 1. The molecule has 0 aliphatic carbocycles. The van der Waals surface area contributed by atoms with Crippen LogP contribution in [0.15, 0.2) is 30.3 Å². The minimum absolute atomic E-state index is 0.185. The van der Waals surface area contributed by atoms with Gasteiger partial charge >= 0.3 is 0 Å². The van der Waals surface area contributed by atoms with Crippen LogP contribution >= 0.6 is 0 Å². The molecule has 0 bridgehead atoms. The third-order valence-corrected chi connectivity index (χ3v) is 1.88. The fourth-order valence-electron chi connectivity index (χ4n) is 1.14. The Kier molecular flexibility index (Phi) is 4.43. The second-order valence-corrected chi connectivity index (χ2v) is 3.19. The van der Waals surface area contributed by atoms with E-state index in [2.05, 4.69) is 5.32 Å². The zero-order chi connectivity index (χ0) is 12.0. The summed E-state index contributed by atoms with van der Waals surface area (Å²) in [6.45, 7) is 0. The lowest BCUT2D eigenvalue weighted by Gasteiger charge is -2.12. The van der Waals surface area contributed by atoms with Gasteiger partial charge in [-0.3, -0.25) is 14.8 Å². The molecule has 0 fully saturated rings. The maximum atomic E-state index is 11.5. The van der Waals surface area contributed by atoms with Crippen LogP contribution in [0.1, 0.15) is 16.8 Å². The first kappa shape index (κ1) is 12.2. The monoisotopic (exact) mass is 223 g/mol. The van der Waals surface area contributed by atoms with Gasteiger partial charge in [-0.15, -0.1) is 0 Å². The minimum atomic E-state index is -0.833. The molecule has 0 radical (unpaired) electrons. The van der Waals surface area contributed by atoms with Crippen LogP contribution in [0.2, 0.25) is 0 Å². The number of nitrogens with one attached hydrogen (secondary N) is 2. The number of hydrogen-bond acceptors (Lipinski definition) is 4. The van der Waals surface area contributed by atoms with Crippen molar-refractivity contribution in [1.82, 2.24) is 10.8 Å². The summed E-state index contributed by atoms with van der Waals surface area (Å²) in [7, 11) is 0. The van der Waals surface area contributed by atoms with E-state index in [0.717, 1.165) is 0 Å². The van der Waals surface area contributed by atoms with Crippen molar-refractivity contribution in [2.75, 3.05) is 0 Å². The van der Waals surface area contributed by atoms with Crippen molar-refractivity contribution in [2.45, 2.75) is 12.6 Å². The van der Waals surface area contributed by atoms with Crippen LogP contribution < -0.4 is 16.5 Å². The molecule has 0 saturated heterocycles. The van der Waals surface area contributed by atoms with E-state index in [9.17, 15) is 9.59 Å². The highest BCUT2D eigenvalue weighted by Crippen LogP contribution is 1.98. The van der Waals surface area contributed by atoms with Gasteiger partial charge < -0.3 is 11.1 Å². The van der Waals surface area contributed by atoms with E-state index in [1.54, 1.807) is 30.3 Å². The van der Waals surface area contributed by atoms with Crippen LogP contribution in [0.5, 0.6) is 0 Å². The van der Waals surface area contributed by atoms with Gasteiger partial charge in [-0.25, -0.2) is 5.48 Å². The molecule has 0 heterocycles. The fraction of sp³-hybridized carbons (Fsp3) is 0.200. The zero-order valence-electron chi connectivity index (χ0n) is 8.51. The smallest absolute Gasteiger partial charge is 0.252 e. The van der Waals surface area contributed by atoms with Crippen molar-refractivity contribution in [3.05, 3.63) is 35.9 Å². The van der Waals surface area contributed by atoms with Crippen LogP contribution in [-0.2, 0) is 4.79 Å². The van der Waals surface area contributed by atoms with E-state index in [-0.39, 0.29) is 12.3 Å². The Morgan fingerprint density at radius 3 is 2.50 bits per heavy atom. The van der Waals surface area contributed by atoms with Gasteiger partial charge in [0.05, 0.1) is 12.6 Å². The summed E-state index contributed by atoms with van der Waals surface area (Å²) in [5, 5.41) is 10.7. The molecule has 16 heavy (non-hydrogen) atoms. The topological polar surface area (TPSA) is 104 Å². The minimum Gasteiger partial charge on any atom is -0.336 e. The number of hydroxylamine groups is 1. The first-order valence-electron chi connectivity index (χ1n) is 4.68. The first-order valence-corrected chi connectivity index (χ1v) is 4.68. The summed E-state index contributed by atoms with van der Waals surface area (Å²) >= 11 is 0. The molecule has 0 spiro atoms. The van der Waals surface area contributed by atoms with Crippen LogP contribution in [0.25, 0.3) is 0 Å². The highest BCUT2D eigenvalue weighted by Gasteiger charge is 2.12. The quantitative estimate of drug-likeness (QED) is 0.316. The Bertz CT molecular complexity index is 367. The molecule has 86 valence electrons. The Balaban J connectivity index is 2.49. The molecule has 6 nitrogen and oxygen atoms in total. The summed E-state index contributed by atoms with van der Waals surface area (Å²) in [5.41, 5.74) is 7.38. The molecule has 5 N–H and O–H groups in total. The normalized spacial score (nSPS) is 11.6. The van der Waals surface area contributed by atoms with E-state index in [0.29, 0.717) is 5.56 Å². The van der Waals surface area contributed by atoms with Crippen molar-refractivity contribution in [3.8, 4) is 0 Å². The molecule has 1 aromatic carbocycles. The fourth-order valence-corrected chi connectivity index (χ4v) is 1.14. The molecular weight excluding hydrogens is 210 g/mol. The maximum Gasteiger partial charge on any atom is 0.252 e. The van der Waals surface area contributed by atoms with E-state index in [4.69, 9.17) is 10.9 Å². The lowest BCUT2D eigenvalue weighted by Crippen LogP contribution is -2.44. The summed E-state index contributed by atoms with van der Waals surface area (Å²) < 4.78 is 0. The van der Waals surface area contributed by atoms with Gasteiger partial charge in [0.2, 0.25) is 5.91 Å².